The van der Waals surface area contributed by atoms with Crippen LogP contribution in [0, 0.1) is 0 Å². The molecule has 0 radical (unpaired) electrons. The highest BCUT2D eigenvalue weighted by Crippen LogP contribution is 2.40. The van der Waals surface area contributed by atoms with Crippen LogP contribution >= 0.6 is 43.5 Å². The lowest BCUT2D eigenvalue weighted by molar-refractivity contribution is -0.119. The molecule has 17 heteroatoms. The van der Waals surface area contributed by atoms with Gasteiger partial charge in [-0.1, -0.05) is 70.0 Å². The Morgan fingerprint density at radius 1 is 0.714 bits per heavy atom. The van der Waals surface area contributed by atoms with Gasteiger partial charge in [0.1, 0.15) is 0 Å². The van der Waals surface area contributed by atoms with E-state index in [0.29, 0.717) is 54.6 Å². The normalized spacial score (nSPS) is 15.1. The maximum atomic E-state index is 13.1. The Balaban J connectivity index is 0.000000150. The van der Waals surface area contributed by atoms with Gasteiger partial charge in [-0.2, -0.15) is 20.2 Å². The highest BCUT2D eigenvalue weighted by molar-refractivity contribution is 9.10. The summed E-state index contributed by atoms with van der Waals surface area (Å²) in [6.07, 6.45) is 13.7. The van der Waals surface area contributed by atoms with Crippen LogP contribution in [0.5, 0.6) is 0 Å². The van der Waals surface area contributed by atoms with Crippen LogP contribution in [-0.2, 0) is 48.6 Å². The summed E-state index contributed by atoms with van der Waals surface area (Å²) in [6, 6.07) is 19.7. The van der Waals surface area contributed by atoms with E-state index in [-0.39, 0.29) is 16.9 Å². The number of carbonyl (C=O) groups excluding carboxylic acids is 2. The van der Waals surface area contributed by atoms with Crippen LogP contribution in [0.4, 0.5) is 5.95 Å². The summed E-state index contributed by atoms with van der Waals surface area (Å²) >= 11 is 13.1. The number of aryl methyl sites for hydroxylation is 2. The third-order valence-corrected chi connectivity index (χ3v) is 11.8. The van der Waals surface area contributed by atoms with Crippen molar-refractivity contribution in [3.63, 3.8) is 0 Å². The molecule has 2 aliphatic carbocycles. The molecule has 6 aromatic heterocycles. The van der Waals surface area contributed by atoms with Gasteiger partial charge in [0.15, 0.2) is 22.9 Å². The largest absolute Gasteiger partial charge is 0.350 e. The molecule has 8 aromatic rings. The predicted molar refractivity (Wildman–Crippen MR) is 249 cm³/mol. The second-order valence-corrected chi connectivity index (χ2v) is 17.4. The maximum Gasteiger partial charge on any atom is 0.225 e. The van der Waals surface area contributed by atoms with E-state index >= 15 is 0 Å². The monoisotopic (exact) mass is 988 g/mol. The molecule has 2 atom stereocenters. The summed E-state index contributed by atoms with van der Waals surface area (Å²) in [6.45, 7) is 6.88. The summed E-state index contributed by atoms with van der Waals surface area (Å²) in [7, 11) is 0. The molecule has 6 heterocycles. The standard InChI is InChI=1S/C23H21BrN6O.C17H14BrClN4O.C6H8N2/c1-2-8-30-13-18-21(20-17-10-16(24)6-5-15(17)9-19(20)31)27-23(28-22(18)29-30)26-12-14-4-3-7-25-11-14;1-2-5-23-8-12-15(20-17(19)21-16(12)22-23)14-11-7-10(18)4-3-9(11)6-13(14)24;7-4-6-2-1-3-8-5-6/h3-7,10-11,13,20H,2,8-9,12H2,1H3,(H,26,28,29);3-4,7-8,14H,2,5-6H2,1H3;1-3,5H,4,7H2. The molecule has 0 fully saturated rings. The molecule has 320 valence electrons. The number of ketones is 2. The van der Waals surface area contributed by atoms with Gasteiger partial charge < -0.3 is 11.1 Å². The lowest BCUT2D eigenvalue weighted by Crippen LogP contribution is -2.13. The number of fused-ring (bicyclic) bond motifs is 4. The van der Waals surface area contributed by atoms with Gasteiger partial charge in [-0.05, 0) is 94.2 Å². The van der Waals surface area contributed by atoms with Crippen molar-refractivity contribution in [2.24, 2.45) is 5.73 Å². The molecule has 2 aliphatic rings. The second-order valence-electron chi connectivity index (χ2n) is 15.2. The van der Waals surface area contributed by atoms with E-state index < -0.39 is 11.8 Å². The molecule has 63 heavy (non-hydrogen) atoms. The van der Waals surface area contributed by atoms with Crippen molar-refractivity contribution in [2.75, 3.05) is 5.32 Å². The minimum Gasteiger partial charge on any atom is -0.350 e. The van der Waals surface area contributed by atoms with Gasteiger partial charge in [0, 0.05) is 85.1 Å². The van der Waals surface area contributed by atoms with Crippen LogP contribution in [0.2, 0.25) is 5.28 Å². The van der Waals surface area contributed by atoms with Crippen molar-refractivity contribution in [3.8, 4) is 0 Å². The fourth-order valence-corrected chi connectivity index (χ4v) is 8.78. The molecule has 2 unspecified atom stereocenters. The molecule has 0 saturated carbocycles. The van der Waals surface area contributed by atoms with E-state index in [1.807, 2.05) is 82.4 Å². The van der Waals surface area contributed by atoms with Gasteiger partial charge in [-0.3, -0.25) is 28.9 Å². The van der Waals surface area contributed by atoms with E-state index in [0.717, 1.165) is 79.0 Å². The first-order valence-corrected chi connectivity index (χ1v) is 22.6. The van der Waals surface area contributed by atoms with Crippen molar-refractivity contribution in [2.45, 2.75) is 77.5 Å². The molecule has 3 N–H and O–H groups in total. The number of hydrogen-bond donors (Lipinski definition) is 2. The molecule has 2 aromatic carbocycles. The molecular weight excluding hydrogens is 948 g/mol. The zero-order chi connectivity index (χ0) is 44.0. The van der Waals surface area contributed by atoms with Crippen LogP contribution in [0.15, 0.2) is 107 Å². The maximum absolute atomic E-state index is 13.1. The topological polar surface area (TPSA) is 185 Å². The zero-order valence-electron chi connectivity index (χ0n) is 34.5. The average molecular weight is 991 g/mol. The van der Waals surface area contributed by atoms with Crippen molar-refractivity contribution in [3.05, 3.63) is 157 Å². The smallest absolute Gasteiger partial charge is 0.225 e. The summed E-state index contributed by atoms with van der Waals surface area (Å²) in [5.74, 6) is -0.0997. The van der Waals surface area contributed by atoms with Crippen LogP contribution in [0.1, 0.15) is 83.3 Å². The van der Waals surface area contributed by atoms with Crippen LogP contribution < -0.4 is 11.1 Å². The van der Waals surface area contributed by atoms with Crippen LogP contribution in [-0.4, -0.2) is 61.0 Å². The third-order valence-electron chi connectivity index (χ3n) is 10.7. The molecule has 0 saturated heterocycles. The first-order chi connectivity index (χ1) is 30.6. The number of nitrogens with one attached hydrogen (secondary N) is 1. The number of benzene rings is 2. The molecular formula is C46H43Br2ClN12O2. The van der Waals surface area contributed by atoms with Gasteiger partial charge in [-0.25, -0.2) is 9.97 Å². The number of Topliss-reactive ketones (excluding diaryl/α,β-unsaturated/α-hetero) is 2. The number of nitrogens with two attached hydrogens (primary N) is 1. The Morgan fingerprint density at radius 2 is 1.24 bits per heavy atom. The first-order valence-electron chi connectivity index (χ1n) is 20.6. The number of anilines is 1. The number of aromatic nitrogens is 10. The summed E-state index contributed by atoms with van der Waals surface area (Å²) in [5.41, 5.74) is 14.0. The Kier molecular flexibility index (Phi) is 13.7. The second kappa shape index (κ2) is 19.7. The van der Waals surface area contributed by atoms with Crippen LogP contribution in [0.25, 0.3) is 22.1 Å². The average Bonchev–Trinajstić information content (AvgIpc) is 4.05. The number of rotatable bonds is 10. The Hall–Kier alpha value is -5.81. The molecule has 10 rings (SSSR count). The van der Waals surface area contributed by atoms with Crippen molar-refractivity contribution in [1.29, 1.82) is 0 Å². The van der Waals surface area contributed by atoms with Gasteiger partial charge in [0.2, 0.25) is 11.2 Å². The van der Waals surface area contributed by atoms with Crippen molar-refractivity contribution >= 4 is 83.0 Å². The number of halogens is 3. The predicted octanol–water partition coefficient (Wildman–Crippen LogP) is 8.71. The summed E-state index contributed by atoms with van der Waals surface area (Å²) in [4.78, 5) is 51.8. The molecule has 0 spiro atoms. The molecule has 0 amide bonds. The Morgan fingerprint density at radius 3 is 1.73 bits per heavy atom. The number of pyridine rings is 2. The van der Waals surface area contributed by atoms with Gasteiger partial charge in [0.25, 0.3) is 0 Å². The lowest BCUT2D eigenvalue weighted by Gasteiger charge is -2.13. The lowest BCUT2D eigenvalue weighted by atomic mass is 9.95. The quantitative estimate of drug-likeness (QED) is 0.124. The van der Waals surface area contributed by atoms with E-state index in [9.17, 15) is 9.59 Å². The molecule has 0 aliphatic heterocycles. The van der Waals surface area contributed by atoms with E-state index in [1.54, 1.807) is 24.8 Å². The molecule has 0 bridgehead atoms. The Labute approximate surface area is 385 Å². The minimum absolute atomic E-state index is 0.121. The minimum atomic E-state index is -0.420. The Bertz CT molecular complexity index is 2930. The van der Waals surface area contributed by atoms with Crippen LogP contribution in [0.3, 0.4) is 0 Å². The number of nitrogens with zero attached hydrogens (tertiary/aromatic N) is 10. The third kappa shape index (κ3) is 9.89. The molecule has 14 nitrogen and oxygen atoms in total. The van der Waals surface area contributed by atoms with E-state index in [2.05, 4.69) is 86.1 Å². The van der Waals surface area contributed by atoms with Crippen molar-refractivity contribution < 1.29 is 9.59 Å². The zero-order valence-corrected chi connectivity index (χ0v) is 38.5. The van der Waals surface area contributed by atoms with Gasteiger partial charge in [-0.15, -0.1) is 0 Å². The number of carbonyl (C=O) groups is 2. The SMILES string of the molecule is CCCn1cc2c(C3C(=O)Cc4ccc(Br)cc43)nc(Cl)nc2n1.CCCn1cc2c(C3C(=O)Cc4ccc(Br)cc43)nc(NCc3cccnc3)nc2n1.NCc1cccnc1. The highest BCUT2D eigenvalue weighted by Gasteiger charge is 2.36. The van der Waals surface area contributed by atoms with Gasteiger partial charge in [0.05, 0.1) is 34.0 Å². The fourth-order valence-electron chi connectivity index (χ4n) is 7.85. The summed E-state index contributed by atoms with van der Waals surface area (Å²) < 4.78 is 5.61. The van der Waals surface area contributed by atoms with E-state index in [4.69, 9.17) is 22.3 Å². The fraction of sp³-hybridized carbons (Fsp3) is 0.261. The van der Waals surface area contributed by atoms with Crippen molar-refractivity contribution in [1.82, 2.24) is 49.5 Å². The van der Waals surface area contributed by atoms with Gasteiger partial charge >= 0.3 is 0 Å². The van der Waals surface area contributed by atoms with E-state index in [1.165, 1.54) is 0 Å². The highest BCUT2D eigenvalue weighted by atomic mass is 79.9. The number of hydrogen-bond acceptors (Lipinski definition) is 12. The first kappa shape index (κ1) is 43.8. The summed E-state index contributed by atoms with van der Waals surface area (Å²) in [5, 5.41) is 14.1.